The van der Waals surface area contributed by atoms with E-state index in [2.05, 4.69) is 50.7 Å². The topological polar surface area (TPSA) is 59.9 Å². The van der Waals surface area contributed by atoms with Crippen LogP contribution in [-0.4, -0.2) is 26.3 Å². The molecule has 0 heterocycles. The third-order valence-corrected chi connectivity index (χ3v) is 6.36. The lowest BCUT2D eigenvalue weighted by Gasteiger charge is -2.18. The van der Waals surface area contributed by atoms with Crippen LogP contribution in [-0.2, 0) is 10.2 Å². The molecule has 0 radical (unpaired) electrons. The zero-order valence-corrected chi connectivity index (χ0v) is 18.9. The molecule has 3 aromatic carbocycles. The second-order valence-electron chi connectivity index (χ2n) is 7.42. The molecule has 1 saturated carbocycles. The van der Waals surface area contributed by atoms with Gasteiger partial charge >= 0.3 is 0 Å². The fraction of sp³-hybridized carbons (Fsp3) is 0.200. The van der Waals surface area contributed by atoms with Crippen LogP contribution in [0.25, 0.3) is 0 Å². The molecule has 3 aromatic rings. The first-order chi connectivity index (χ1) is 15.1. The fourth-order valence-corrected chi connectivity index (χ4v) is 4.61. The van der Waals surface area contributed by atoms with Crippen molar-refractivity contribution >= 4 is 28.1 Å². The fourth-order valence-electron chi connectivity index (χ4n) is 4.08. The molecule has 1 amide bonds. The maximum atomic E-state index is 13.0. The van der Waals surface area contributed by atoms with Crippen molar-refractivity contribution in [2.24, 2.45) is 11.0 Å². The zero-order chi connectivity index (χ0) is 21.8. The molecule has 0 aromatic heterocycles. The highest BCUT2D eigenvalue weighted by Crippen LogP contribution is 2.58. The normalized spacial score (nSPS) is 16.7. The molecule has 1 N–H and O–H groups in total. The summed E-state index contributed by atoms with van der Waals surface area (Å²) in [6, 6.07) is 24.0. The van der Waals surface area contributed by atoms with Crippen molar-refractivity contribution in [3.8, 4) is 11.5 Å². The number of hydrogen-bond donors (Lipinski definition) is 1. The lowest BCUT2D eigenvalue weighted by molar-refractivity contribution is -0.122. The minimum atomic E-state index is -0.317. The third-order valence-electron chi connectivity index (χ3n) is 5.74. The van der Waals surface area contributed by atoms with Gasteiger partial charge in [-0.25, -0.2) is 5.43 Å². The van der Waals surface area contributed by atoms with Crippen molar-refractivity contribution in [3.05, 3.63) is 94.0 Å². The van der Waals surface area contributed by atoms with Gasteiger partial charge in [0.2, 0.25) is 5.91 Å². The number of hydrazone groups is 1. The third kappa shape index (κ3) is 4.08. The molecular weight excluding hydrogens is 456 g/mol. The van der Waals surface area contributed by atoms with Crippen LogP contribution in [0.4, 0.5) is 0 Å². The van der Waals surface area contributed by atoms with Crippen molar-refractivity contribution in [1.82, 2.24) is 5.43 Å². The Kier molecular flexibility index (Phi) is 6.09. The molecule has 1 aliphatic carbocycles. The Hall–Kier alpha value is -3.12. The summed E-state index contributed by atoms with van der Waals surface area (Å²) in [5.41, 5.74) is 5.41. The number of rotatable bonds is 7. The Bertz CT molecular complexity index is 1060. The number of carbonyl (C=O) groups is 1. The largest absolute Gasteiger partial charge is 0.496 e. The van der Waals surface area contributed by atoms with E-state index in [-0.39, 0.29) is 17.2 Å². The van der Waals surface area contributed by atoms with Crippen LogP contribution in [0.2, 0.25) is 0 Å². The standard InChI is InChI=1S/C25H23BrN2O3/c1-30-22-14-23(31-2)21(26)13-17(22)16-27-28-24(29)20-15-25(20,18-9-5-3-6-10-18)19-11-7-4-8-12-19/h3-14,16,20H,15H2,1-2H3,(H,28,29)/b27-16+. The average Bonchev–Trinajstić information content (AvgIpc) is 3.57. The number of nitrogens with zero attached hydrogens (tertiary/aromatic N) is 1. The Balaban J connectivity index is 1.54. The Labute approximate surface area is 190 Å². The Morgan fingerprint density at radius 3 is 2.13 bits per heavy atom. The van der Waals surface area contributed by atoms with Gasteiger partial charge in [0, 0.05) is 17.0 Å². The van der Waals surface area contributed by atoms with E-state index in [1.165, 1.54) is 0 Å². The van der Waals surface area contributed by atoms with E-state index < -0.39 is 0 Å². The summed E-state index contributed by atoms with van der Waals surface area (Å²) in [4.78, 5) is 13.0. The quantitative estimate of drug-likeness (QED) is 0.387. The number of hydrogen-bond acceptors (Lipinski definition) is 4. The van der Waals surface area contributed by atoms with Gasteiger partial charge in [-0.05, 0) is 39.5 Å². The van der Waals surface area contributed by atoms with Crippen molar-refractivity contribution in [2.75, 3.05) is 14.2 Å². The molecule has 1 aliphatic rings. The summed E-state index contributed by atoms with van der Waals surface area (Å²) in [5, 5.41) is 4.19. The SMILES string of the molecule is COc1cc(OC)c(/C=N/NC(=O)C2CC2(c2ccccc2)c2ccccc2)cc1Br. The van der Waals surface area contributed by atoms with Gasteiger partial charge < -0.3 is 9.47 Å². The second-order valence-corrected chi connectivity index (χ2v) is 8.28. The van der Waals surface area contributed by atoms with Gasteiger partial charge in [0.05, 0.1) is 30.8 Å². The maximum Gasteiger partial charge on any atom is 0.244 e. The summed E-state index contributed by atoms with van der Waals surface area (Å²) in [6.45, 7) is 0. The lowest BCUT2D eigenvalue weighted by Crippen LogP contribution is -2.25. The molecule has 4 rings (SSSR count). The minimum absolute atomic E-state index is 0.101. The van der Waals surface area contributed by atoms with Crippen LogP contribution in [0.3, 0.4) is 0 Å². The first-order valence-electron chi connectivity index (χ1n) is 9.95. The Morgan fingerprint density at radius 2 is 1.58 bits per heavy atom. The molecule has 1 fully saturated rings. The highest BCUT2D eigenvalue weighted by atomic mass is 79.9. The number of carbonyl (C=O) groups excluding carboxylic acids is 1. The van der Waals surface area contributed by atoms with Gasteiger partial charge in [0.1, 0.15) is 11.5 Å². The molecule has 0 bridgehead atoms. The van der Waals surface area contributed by atoms with Crippen LogP contribution < -0.4 is 14.9 Å². The molecular formula is C25H23BrN2O3. The number of nitrogens with one attached hydrogen (secondary N) is 1. The molecule has 0 aliphatic heterocycles. The predicted molar refractivity (Wildman–Crippen MR) is 125 cm³/mol. The number of benzene rings is 3. The lowest BCUT2D eigenvalue weighted by atomic mass is 9.85. The van der Waals surface area contributed by atoms with Crippen LogP contribution in [0, 0.1) is 5.92 Å². The first kappa shape index (κ1) is 21.1. The highest BCUT2D eigenvalue weighted by Gasteiger charge is 2.60. The van der Waals surface area contributed by atoms with E-state index in [4.69, 9.17) is 9.47 Å². The molecule has 0 saturated heterocycles. The van der Waals surface area contributed by atoms with Gasteiger partial charge in [-0.15, -0.1) is 0 Å². The zero-order valence-electron chi connectivity index (χ0n) is 17.3. The van der Waals surface area contributed by atoms with Gasteiger partial charge in [-0.1, -0.05) is 60.7 Å². The summed E-state index contributed by atoms with van der Waals surface area (Å²) >= 11 is 3.46. The summed E-state index contributed by atoms with van der Waals surface area (Å²) in [6.07, 6.45) is 2.33. The highest BCUT2D eigenvalue weighted by molar-refractivity contribution is 9.10. The average molecular weight is 479 g/mol. The molecule has 1 atom stereocenters. The van der Waals surface area contributed by atoms with Crippen LogP contribution in [0.1, 0.15) is 23.1 Å². The van der Waals surface area contributed by atoms with Crippen molar-refractivity contribution in [3.63, 3.8) is 0 Å². The van der Waals surface area contributed by atoms with E-state index in [9.17, 15) is 4.79 Å². The summed E-state index contributed by atoms with van der Waals surface area (Å²) in [5.74, 6) is 0.980. The van der Waals surface area contributed by atoms with Gasteiger partial charge in [0.15, 0.2) is 0 Å². The first-order valence-corrected chi connectivity index (χ1v) is 10.7. The van der Waals surface area contributed by atoms with Crippen molar-refractivity contribution in [2.45, 2.75) is 11.8 Å². The van der Waals surface area contributed by atoms with Crippen LogP contribution >= 0.6 is 15.9 Å². The van der Waals surface area contributed by atoms with Gasteiger partial charge in [0.25, 0.3) is 0 Å². The number of methoxy groups -OCH3 is 2. The monoisotopic (exact) mass is 478 g/mol. The molecule has 1 unspecified atom stereocenters. The number of amides is 1. The van der Waals surface area contributed by atoms with Crippen LogP contribution in [0.15, 0.2) is 82.4 Å². The summed E-state index contributed by atoms with van der Waals surface area (Å²) < 4.78 is 11.5. The molecule has 5 nitrogen and oxygen atoms in total. The maximum absolute atomic E-state index is 13.0. The van der Waals surface area contributed by atoms with E-state index in [1.54, 1.807) is 26.5 Å². The van der Waals surface area contributed by atoms with Gasteiger partial charge in [-0.2, -0.15) is 5.10 Å². The van der Waals surface area contributed by atoms with E-state index in [1.807, 2.05) is 42.5 Å². The molecule has 31 heavy (non-hydrogen) atoms. The minimum Gasteiger partial charge on any atom is -0.496 e. The molecule has 158 valence electrons. The number of ether oxygens (including phenoxy) is 2. The smallest absolute Gasteiger partial charge is 0.244 e. The second kappa shape index (κ2) is 8.94. The van der Waals surface area contributed by atoms with Gasteiger partial charge in [-0.3, -0.25) is 4.79 Å². The van der Waals surface area contributed by atoms with E-state index >= 15 is 0 Å². The Morgan fingerprint density at radius 1 is 1.00 bits per heavy atom. The van der Waals surface area contributed by atoms with E-state index in [0.29, 0.717) is 11.5 Å². The van der Waals surface area contributed by atoms with Crippen molar-refractivity contribution < 1.29 is 14.3 Å². The predicted octanol–water partition coefficient (Wildman–Crippen LogP) is 4.92. The molecule has 0 spiro atoms. The summed E-state index contributed by atoms with van der Waals surface area (Å²) in [7, 11) is 3.17. The van der Waals surface area contributed by atoms with E-state index in [0.717, 1.165) is 27.6 Å². The molecule has 6 heteroatoms. The van der Waals surface area contributed by atoms with Crippen LogP contribution in [0.5, 0.6) is 11.5 Å². The van der Waals surface area contributed by atoms with Crippen molar-refractivity contribution in [1.29, 1.82) is 0 Å². The number of halogens is 1.